The van der Waals surface area contributed by atoms with Gasteiger partial charge in [0.15, 0.2) is 0 Å². The Bertz CT molecular complexity index is 700. The summed E-state index contributed by atoms with van der Waals surface area (Å²) in [6.07, 6.45) is 6.90. The molecule has 6 heteroatoms. The van der Waals surface area contributed by atoms with E-state index in [-0.39, 0.29) is 5.91 Å². The van der Waals surface area contributed by atoms with E-state index in [1.165, 1.54) is 37.0 Å². The number of amides is 1. The lowest BCUT2D eigenvalue weighted by atomic mass is 10.2. The van der Waals surface area contributed by atoms with Crippen LogP contribution in [-0.2, 0) is 6.42 Å². The number of carbonyl (C=O) groups is 1. The topological polar surface area (TPSA) is 59.8 Å². The molecule has 3 rings (SSSR count). The van der Waals surface area contributed by atoms with Crippen LogP contribution in [-0.4, -0.2) is 20.7 Å². The fourth-order valence-corrected chi connectivity index (χ4v) is 3.77. The molecule has 2 aromatic rings. The summed E-state index contributed by atoms with van der Waals surface area (Å²) in [6.45, 7) is 6.28. The third kappa shape index (κ3) is 3.63. The van der Waals surface area contributed by atoms with E-state index in [4.69, 9.17) is 0 Å². The molecule has 2 aromatic heterocycles. The fourth-order valence-electron chi connectivity index (χ4n) is 3.00. The molecule has 1 N–H and O–H groups in total. The van der Waals surface area contributed by atoms with Gasteiger partial charge in [0.1, 0.15) is 5.01 Å². The number of nitrogens with zero attached hydrogens (tertiary/aromatic N) is 3. The van der Waals surface area contributed by atoms with E-state index < -0.39 is 0 Å². The minimum atomic E-state index is -0.0822. The van der Waals surface area contributed by atoms with Crippen molar-refractivity contribution >= 4 is 22.4 Å². The van der Waals surface area contributed by atoms with Crippen LogP contribution in [0.1, 0.15) is 71.8 Å². The maximum atomic E-state index is 12.5. The Balaban J connectivity index is 1.66. The van der Waals surface area contributed by atoms with E-state index in [9.17, 15) is 4.79 Å². The predicted molar refractivity (Wildman–Crippen MR) is 93.3 cm³/mol. The maximum absolute atomic E-state index is 12.5. The van der Waals surface area contributed by atoms with Crippen molar-refractivity contribution in [1.29, 1.82) is 0 Å². The first-order valence-corrected chi connectivity index (χ1v) is 9.24. The molecule has 1 amide bonds. The first-order chi connectivity index (χ1) is 11.1. The summed E-state index contributed by atoms with van der Waals surface area (Å²) < 4.78 is 2.28. The molecule has 1 fully saturated rings. The minimum absolute atomic E-state index is 0.0822. The van der Waals surface area contributed by atoms with Gasteiger partial charge >= 0.3 is 0 Å². The largest absolute Gasteiger partial charge is 0.345 e. The lowest BCUT2D eigenvalue weighted by Gasteiger charge is -2.07. The van der Waals surface area contributed by atoms with Crippen molar-refractivity contribution in [3.63, 3.8) is 0 Å². The number of unbranched alkanes of at least 4 members (excludes halogenated alkanes) is 2. The van der Waals surface area contributed by atoms with E-state index in [0.717, 1.165) is 34.8 Å². The zero-order valence-electron chi connectivity index (χ0n) is 14.1. The molecule has 0 unspecified atom stereocenters. The Morgan fingerprint density at radius 3 is 2.83 bits per heavy atom. The Labute approximate surface area is 141 Å². The van der Waals surface area contributed by atoms with E-state index in [1.54, 1.807) is 0 Å². The van der Waals surface area contributed by atoms with E-state index in [2.05, 4.69) is 33.9 Å². The Morgan fingerprint density at radius 2 is 2.13 bits per heavy atom. The van der Waals surface area contributed by atoms with Gasteiger partial charge in [0.2, 0.25) is 5.13 Å². The van der Waals surface area contributed by atoms with Crippen molar-refractivity contribution in [2.24, 2.45) is 0 Å². The highest BCUT2D eigenvalue weighted by Gasteiger charge is 2.28. The lowest BCUT2D eigenvalue weighted by Crippen LogP contribution is -2.13. The van der Waals surface area contributed by atoms with Crippen molar-refractivity contribution < 1.29 is 4.79 Å². The first kappa shape index (κ1) is 16.2. The molecule has 1 aliphatic carbocycles. The van der Waals surface area contributed by atoms with Gasteiger partial charge in [0.25, 0.3) is 5.91 Å². The molecule has 0 radical (unpaired) electrons. The Kier molecular flexibility index (Phi) is 4.80. The molecule has 0 atom stereocenters. The van der Waals surface area contributed by atoms with Crippen LogP contribution in [0.25, 0.3) is 0 Å². The summed E-state index contributed by atoms with van der Waals surface area (Å²) in [6, 6.07) is 2.56. The fraction of sp³-hybridized carbons (Fsp3) is 0.588. The third-order valence-electron chi connectivity index (χ3n) is 4.32. The van der Waals surface area contributed by atoms with Gasteiger partial charge in [-0.25, -0.2) is 0 Å². The molecule has 23 heavy (non-hydrogen) atoms. The van der Waals surface area contributed by atoms with Crippen molar-refractivity contribution in [3.8, 4) is 0 Å². The number of carbonyl (C=O) groups excluding carboxylic acids is 1. The summed E-state index contributed by atoms with van der Waals surface area (Å²) >= 11 is 1.48. The van der Waals surface area contributed by atoms with Crippen LogP contribution in [0.4, 0.5) is 5.13 Å². The van der Waals surface area contributed by atoms with Crippen LogP contribution < -0.4 is 5.32 Å². The lowest BCUT2D eigenvalue weighted by molar-refractivity contribution is 0.102. The highest BCUT2D eigenvalue weighted by molar-refractivity contribution is 7.15. The highest BCUT2D eigenvalue weighted by Crippen LogP contribution is 2.38. The molecular formula is C17H24N4OS. The number of hydrogen-bond acceptors (Lipinski definition) is 4. The second-order valence-corrected chi connectivity index (χ2v) is 7.36. The van der Waals surface area contributed by atoms with Gasteiger partial charge in [-0.1, -0.05) is 31.1 Å². The number of aryl methyl sites for hydroxylation is 2. The summed E-state index contributed by atoms with van der Waals surface area (Å²) in [5.74, 6) is -0.0822. The molecule has 1 aliphatic rings. The van der Waals surface area contributed by atoms with E-state index in [1.807, 2.05) is 13.0 Å². The van der Waals surface area contributed by atoms with Gasteiger partial charge in [-0.3, -0.25) is 10.1 Å². The average molecular weight is 332 g/mol. The molecular weight excluding hydrogens is 308 g/mol. The van der Waals surface area contributed by atoms with Crippen LogP contribution in [0.5, 0.6) is 0 Å². The smallest absolute Gasteiger partial charge is 0.259 e. The molecule has 5 nitrogen and oxygen atoms in total. The maximum Gasteiger partial charge on any atom is 0.259 e. The van der Waals surface area contributed by atoms with Crippen LogP contribution in [0, 0.1) is 13.8 Å². The second-order valence-electron chi connectivity index (χ2n) is 6.30. The molecule has 0 spiro atoms. The number of anilines is 1. The highest BCUT2D eigenvalue weighted by atomic mass is 32.1. The first-order valence-electron chi connectivity index (χ1n) is 8.42. The number of rotatable bonds is 7. The number of aromatic nitrogens is 3. The van der Waals surface area contributed by atoms with Gasteiger partial charge in [-0.15, -0.1) is 10.2 Å². The van der Waals surface area contributed by atoms with Gasteiger partial charge in [0.05, 0.1) is 5.56 Å². The monoisotopic (exact) mass is 332 g/mol. The SMILES string of the molecule is CCCCCc1nnc(NC(=O)c2cc(C)n(C3CC3)c2C)s1. The van der Waals surface area contributed by atoms with Gasteiger partial charge in [-0.05, 0) is 39.2 Å². The summed E-state index contributed by atoms with van der Waals surface area (Å²) in [5, 5.41) is 12.8. The molecule has 124 valence electrons. The third-order valence-corrected chi connectivity index (χ3v) is 5.22. The number of nitrogens with one attached hydrogen (secondary N) is 1. The molecule has 0 aliphatic heterocycles. The Morgan fingerprint density at radius 1 is 1.35 bits per heavy atom. The standard InChI is InChI=1S/C17H24N4OS/c1-4-5-6-7-15-19-20-17(23-15)18-16(22)14-10-11(2)21(12(14)3)13-8-9-13/h10,13H,4-9H2,1-3H3,(H,18,20,22). The van der Waals surface area contributed by atoms with Crippen LogP contribution >= 0.6 is 11.3 Å². The minimum Gasteiger partial charge on any atom is -0.345 e. The van der Waals surface area contributed by atoms with Crippen molar-refractivity contribution in [1.82, 2.24) is 14.8 Å². The van der Waals surface area contributed by atoms with Crippen molar-refractivity contribution in [3.05, 3.63) is 28.0 Å². The van der Waals surface area contributed by atoms with Crippen LogP contribution in [0.3, 0.4) is 0 Å². The van der Waals surface area contributed by atoms with E-state index in [0.29, 0.717) is 11.2 Å². The van der Waals surface area contributed by atoms with Gasteiger partial charge in [0, 0.05) is 23.9 Å². The Hall–Kier alpha value is -1.69. The second kappa shape index (κ2) is 6.83. The molecule has 0 saturated heterocycles. The normalized spacial score (nSPS) is 14.2. The van der Waals surface area contributed by atoms with E-state index >= 15 is 0 Å². The average Bonchev–Trinajstić information content (AvgIpc) is 3.17. The molecule has 1 saturated carbocycles. The summed E-state index contributed by atoms with van der Waals surface area (Å²) in [4.78, 5) is 12.5. The van der Waals surface area contributed by atoms with Gasteiger partial charge < -0.3 is 4.57 Å². The molecule has 0 aromatic carbocycles. The summed E-state index contributed by atoms with van der Waals surface area (Å²) in [7, 11) is 0. The zero-order valence-corrected chi connectivity index (χ0v) is 14.9. The van der Waals surface area contributed by atoms with Crippen LogP contribution in [0.15, 0.2) is 6.07 Å². The summed E-state index contributed by atoms with van der Waals surface area (Å²) in [5.41, 5.74) is 2.96. The zero-order chi connectivity index (χ0) is 16.4. The number of hydrogen-bond donors (Lipinski definition) is 1. The molecule has 2 heterocycles. The van der Waals surface area contributed by atoms with Crippen molar-refractivity contribution in [2.45, 2.75) is 65.3 Å². The van der Waals surface area contributed by atoms with Gasteiger partial charge in [-0.2, -0.15) is 0 Å². The van der Waals surface area contributed by atoms with Crippen molar-refractivity contribution in [2.75, 3.05) is 5.32 Å². The molecule has 0 bridgehead atoms. The predicted octanol–water partition coefficient (Wildman–Crippen LogP) is 4.28. The van der Waals surface area contributed by atoms with Crippen LogP contribution in [0.2, 0.25) is 0 Å². The quantitative estimate of drug-likeness (QED) is 0.770.